The van der Waals surface area contributed by atoms with E-state index in [-0.39, 0.29) is 10.8 Å². The second-order valence-electron chi connectivity index (χ2n) is 25.0. The topological polar surface area (TPSA) is 26.6 Å². The summed E-state index contributed by atoms with van der Waals surface area (Å²) in [6.45, 7) is 16.4. The maximum Gasteiger partial charge on any atom is 0.132 e. The molecule has 4 heteroatoms. The van der Waals surface area contributed by atoms with Gasteiger partial charge in [0.2, 0.25) is 0 Å². The SMILES string of the molecule is CC(C)(C)c1ccc2c(c1)C1(C3=CC=CCC3(C)c3c(N(c4cccc(-n5c6ccccc6c6ccccc65)c4)c4ccc5c(c4)C(c4ccccc4)(c4ccccc4)c4ccccc4O5)cccc31)c1cc(C(C)(C)C)ccc1O2. The molecule has 0 fully saturated rings. The van der Waals surface area contributed by atoms with Gasteiger partial charge in [-0.25, -0.2) is 0 Å². The standard InChI is InChI=1S/C77H64N2O2/c1-73(2,3)52-39-42-68-61(46-52)77(62-47-53(74(4,5)6)40-43-69(62)81-68)60-33-23-36-66(72(60)75(7)45-21-20-38-71(75)77)78(54-28-22-29-55(48-54)79-64-34-17-14-30-57(64)58-31-15-18-35-65(58)79)56-41-44-70-63(49-56)76(50-24-10-8-11-25-50,51-26-12-9-13-27-51)59-32-16-19-37-67(59)80-70/h8-44,46-49H,45H2,1-7H3. The number of benzene rings is 10. The van der Waals surface area contributed by atoms with Crippen LogP contribution in [0.25, 0.3) is 27.5 Å². The van der Waals surface area contributed by atoms with Crippen LogP contribution in [0, 0.1) is 0 Å². The number of fused-ring (bicyclic) bond motifs is 14. The second-order valence-corrected chi connectivity index (χ2v) is 25.0. The van der Waals surface area contributed by atoms with Crippen LogP contribution in [0.15, 0.2) is 254 Å². The highest BCUT2D eigenvalue weighted by Gasteiger charge is 2.60. The first-order valence-electron chi connectivity index (χ1n) is 28.7. The summed E-state index contributed by atoms with van der Waals surface area (Å²) in [6.07, 6.45) is 7.97. The van der Waals surface area contributed by atoms with Crippen molar-refractivity contribution in [2.24, 2.45) is 0 Å². The summed E-state index contributed by atoms with van der Waals surface area (Å²) >= 11 is 0. The number of ether oxygens (including phenoxy) is 2. The molecule has 3 heterocycles. The van der Waals surface area contributed by atoms with E-state index in [1.807, 2.05) is 0 Å². The molecule has 0 saturated heterocycles. The van der Waals surface area contributed by atoms with Crippen LogP contribution in [0.3, 0.4) is 0 Å². The third-order valence-corrected chi connectivity index (χ3v) is 18.4. The quantitative estimate of drug-likeness (QED) is 0.166. The number of para-hydroxylation sites is 3. The summed E-state index contributed by atoms with van der Waals surface area (Å²) in [6, 6.07) is 85.6. The van der Waals surface area contributed by atoms with Crippen molar-refractivity contribution in [3.63, 3.8) is 0 Å². The minimum Gasteiger partial charge on any atom is -0.457 e. The van der Waals surface area contributed by atoms with Crippen molar-refractivity contribution in [2.45, 2.75) is 82.0 Å². The van der Waals surface area contributed by atoms with Gasteiger partial charge >= 0.3 is 0 Å². The number of rotatable bonds is 6. The molecule has 11 aromatic rings. The van der Waals surface area contributed by atoms with Crippen LogP contribution >= 0.6 is 0 Å². The molecule has 394 valence electrons. The maximum absolute atomic E-state index is 7.15. The Morgan fingerprint density at radius 1 is 0.432 bits per heavy atom. The Morgan fingerprint density at radius 3 is 1.56 bits per heavy atom. The van der Waals surface area contributed by atoms with Gasteiger partial charge in [0.15, 0.2) is 0 Å². The van der Waals surface area contributed by atoms with Crippen LogP contribution in [-0.4, -0.2) is 4.57 Å². The Kier molecular flexibility index (Phi) is 10.7. The predicted molar refractivity (Wildman–Crippen MR) is 333 cm³/mol. The highest BCUT2D eigenvalue weighted by molar-refractivity contribution is 6.09. The van der Waals surface area contributed by atoms with E-state index in [4.69, 9.17) is 9.47 Å². The second kappa shape index (κ2) is 17.7. The zero-order valence-corrected chi connectivity index (χ0v) is 47.1. The van der Waals surface area contributed by atoms with E-state index >= 15 is 0 Å². The molecule has 4 aliphatic rings. The fourth-order valence-electron chi connectivity index (χ4n) is 14.6. The molecule has 15 rings (SSSR count). The maximum atomic E-state index is 7.15. The van der Waals surface area contributed by atoms with Gasteiger partial charge in [-0.1, -0.05) is 212 Å². The van der Waals surface area contributed by atoms with Crippen LogP contribution in [-0.2, 0) is 27.1 Å². The minimum absolute atomic E-state index is 0.110. The van der Waals surface area contributed by atoms with Gasteiger partial charge in [0.1, 0.15) is 23.0 Å². The first-order chi connectivity index (χ1) is 39.3. The molecule has 1 atom stereocenters. The molecule has 0 saturated carbocycles. The molecule has 2 aliphatic carbocycles. The lowest BCUT2D eigenvalue weighted by Gasteiger charge is -2.43. The van der Waals surface area contributed by atoms with E-state index in [9.17, 15) is 0 Å². The third kappa shape index (κ3) is 7.02. The van der Waals surface area contributed by atoms with Crippen LogP contribution < -0.4 is 14.4 Å². The summed E-state index contributed by atoms with van der Waals surface area (Å²) in [5.74, 6) is 3.49. The van der Waals surface area contributed by atoms with E-state index in [1.54, 1.807) is 0 Å². The lowest BCUT2D eigenvalue weighted by atomic mass is 9.61. The summed E-state index contributed by atoms with van der Waals surface area (Å²) in [7, 11) is 0. The van der Waals surface area contributed by atoms with Crippen molar-refractivity contribution >= 4 is 38.9 Å². The number of nitrogens with zero attached hydrogens (tertiary/aromatic N) is 2. The van der Waals surface area contributed by atoms with Gasteiger partial charge in [-0.2, -0.15) is 0 Å². The van der Waals surface area contributed by atoms with Crippen molar-refractivity contribution in [2.75, 3.05) is 4.90 Å². The third-order valence-electron chi connectivity index (χ3n) is 18.4. The smallest absolute Gasteiger partial charge is 0.132 e. The lowest BCUT2D eigenvalue weighted by molar-refractivity contribution is 0.422. The zero-order valence-electron chi connectivity index (χ0n) is 47.1. The molecule has 1 aromatic heterocycles. The summed E-state index contributed by atoms with van der Waals surface area (Å²) in [5, 5.41) is 2.46. The Balaban J connectivity index is 1.06. The first-order valence-corrected chi connectivity index (χ1v) is 28.7. The molecule has 4 nitrogen and oxygen atoms in total. The summed E-state index contributed by atoms with van der Waals surface area (Å²) in [5.41, 5.74) is 17.9. The van der Waals surface area contributed by atoms with Gasteiger partial charge in [0.05, 0.1) is 27.6 Å². The Hall–Kier alpha value is -9.12. The highest BCUT2D eigenvalue weighted by Crippen LogP contribution is 2.69. The van der Waals surface area contributed by atoms with Crippen LogP contribution in [0.2, 0.25) is 0 Å². The average Bonchev–Trinajstić information content (AvgIpc) is 2.37. The van der Waals surface area contributed by atoms with Crippen molar-refractivity contribution in [3.05, 3.63) is 310 Å². The monoisotopic (exact) mass is 1050 g/mol. The van der Waals surface area contributed by atoms with Crippen LogP contribution in [0.4, 0.5) is 17.1 Å². The lowest BCUT2D eigenvalue weighted by Crippen LogP contribution is -2.37. The molecule has 0 radical (unpaired) electrons. The average molecular weight is 1050 g/mol. The fourth-order valence-corrected chi connectivity index (χ4v) is 14.6. The van der Waals surface area contributed by atoms with Crippen LogP contribution in [0.5, 0.6) is 23.0 Å². The van der Waals surface area contributed by atoms with Gasteiger partial charge in [-0.05, 0) is 141 Å². The number of allylic oxidation sites excluding steroid dienone is 4. The largest absolute Gasteiger partial charge is 0.457 e. The fraction of sp³-hybridized carbons (Fsp3) is 0.169. The van der Waals surface area contributed by atoms with Crippen molar-refractivity contribution in [3.8, 4) is 28.7 Å². The van der Waals surface area contributed by atoms with Gasteiger partial charge in [-0.15, -0.1) is 0 Å². The molecule has 10 aromatic carbocycles. The molecule has 0 bridgehead atoms. The number of hydrogen-bond acceptors (Lipinski definition) is 3. The molecular formula is C77H64N2O2. The number of hydrogen-bond donors (Lipinski definition) is 0. The Morgan fingerprint density at radius 2 is 0.938 bits per heavy atom. The summed E-state index contributed by atoms with van der Waals surface area (Å²) < 4.78 is 16.7. The van der Waals surface area contributed by atoms with E-state index in [0.29, 0.717) is 0 Å². The Labute approximate surface area is 475 Å². The van der Waals surface area contributed by atoms with E-state index in [1.165, 1.54) is 71.9 Å². The van der Waals surface area contributed by atoms with E-state index in [2.05, 4.69) is 307 Å². The Bertz CT molecular complexity index is 4270. The normalized spacial score (nSPS) is 17.0. The molecule has 1 unspecified atom stereocenters. The molecule has 1 spiro atoms. The molecular weight excluding hydrogens is 985 g/mol. The molecule has 0 N–H and O–H groups in total. The van der Waals surface area contributed by atoms with E-state index < -0.39 is 16.2 Å². The van der Waals surface area contributed by atoms with Crippen molar-refractivity contribution in [1.29, 1.82) is 0 Å². The molecule has 81 heavy (non-hydrogen) atoms. The highest BCUT2D eigenvalue weighted by atomic mass is 16.5. The van der Waals surface area contributed by atoms with Gasteiger partial charge in [-0.3, -0.25) is 0 Å². The van der Waals surface area contributed by atoms with Crippen molar-refractivity contribution in [1.82, 2.24) is 4.57 Å². The first kappa shape index (κ1) is 49.0. The minimum atomic E-state index is -0.733. The van der Waals surface area contributed by atoms with E-state index in [0.717, 1.165) is 63.3 Å². The molecule has 2 aliphatic heterocycles. The van der Waals surface area contributed by atoms with Gasteiger partial charge in [0.25, 0.3) is 0 Å². The molecule has 0 amide bonds. The predicted octanol–water partition coefficient (Wildman–Crippen LogP) is 19.9. The summed E-state index contributed by atoms with van der Waals surface area (Å²) in [4.78, 5) is 2.57. The van der Waals surface area contributed by atoms with Gasteiger partial charge < -0.3 is 18.9 Å². The zero-order chi connectivity index (χ0) is 55.0. The van der Waals surface area contributed by atoms with Gasteiger partial charge in [0, 0.05) is 55.5 Å². The van der Waals surface area contributed by atoms with Crippen molar-refractivity contribution < 1.29 is 9.47 Å². The number of anilines is 3. The van der Waals surface area contributed by atoms with Crippen LogP contribution in [0.1, 0.15) is 111 Å². The number of aromatic nitrogens is 1.